The molecule has 1 rings (SSSR count). The molecule has 4 nitrogen and oxygen atoms in total. The van der Waals surface area contributed by atoms with Gasteiger partial charge in [-0.25, -0.2) is 4.79 Å². The molecule has 0 aliphatic carbocycles. The van der Waals surface area contributed by atoms with E-state index >= 15 is 0 Å². The molecule has 0 spiro atoms. The van der Waals surface area contributed by atoms with Gasteiger partial charge in [0.05, 0.1) is 12.7 Å². The summed E-state index contributed by atoms with van der Waals surface area (Å²) in [6.07, 6.45) is 0. The van der Waals surface area contributed by atoms with E-state index in [2.05, 4.69) is 25.8 Å². The Morgan fingerprint density at radius 2 is 2.27 bits per heavy atom. The van der Waals surface area contributed by atoms with Crippen LogP contribution in [0.4, 0.5) is 0 Å². The summed E-state index contributed by atoms with van der Waals surface area (Å²) in [7, 11) is 1.28. The quantitative estimate of drug-likeness (QED) is 0.394. The number of hydrogen-bond acceptors (Lipinski definition) is 4. The summed E-state index contributed by atoms with van der Waals surface area (Å²) >= 11 is 8.79. The fraction of sp³-hybridized carbons (Fsp3) is 0.111. The van der Waals surface area contributed by atoms with Crippen LogP contribution in [0.5, 0.6) is 0 Å². The highest BCUT2D eigenvalue weighted by molar-refractivity contribution is 9.10. The highest BCUT2D eigenvalue weighted by Gasteiger charge is 2.12. The summed E-state index contributed by atoms with van der Waals surface area (Å²) in [5.41, 5.74) is 0.750. The zero-order chi connectivity index (χ0) is 11.4. The molecular weight excluding hydrogens is 285 g/mol. The average molecular weight is 293 g/mol. The van der Waals surface area contributed by atoms with Gasteiger partial charge in [-0.2, -0.15) is 0 Å². The van der Waals surface area contributed by atoms with Crippen LogP contribution < -0.4 is 0 Å². The largest absolute Gasteiger partial charge is 0.465 e. The number of benzene rings is 1. The normalized spacial score (nSPS) is 11.3. The molecule has 0 unspecified atom stereocenters. The number of hydrogen-bond donors (Lipinski definition) is 1. The van der Waals surface area contributed by atoms with E-state index in [1.54, 1.807) is 12.1 Å². The fourth-order valence-electron chi connectivity index (χ4n) is 0.978. The monoisotopic (exact) mass is 291 g/mol. The average Bonchev–Trinajstić information content (AvgIpc) is 2.27. The molecular formula is C9H7BrClNO3. The van der Waals surface area contributed by atoms with Crippen LogP contribution in [0.2, 0.25) is 0 Å². The highest BCUT2D eigenvalue weighted by atomic mass is 79.9. The zero-order valence-corrected chi connectivity index (χ0v) is 10.0. The minimum atomic E-state index is -0.494. The van der Waals surface area contributed by atoms with E-state index in [0.717, 1.165) is 0 Å². The maximum Gasteiger partial charge on any atom is 0.339 e. The van der Waals surface area contributed by atoms with Gasteiger partial charge in [0, 0.05) is 10.0 Å². The molecule has 0 fully saturated rings. The number of esters is 1. The van der Waals surface area contributed by atoms with Gasteiger partial charge in [0.1, 0.15) is 0 Å². The van der Waals surface area contributed by atoms with Gasteiger partial charge in [0.25, 0.3) is 0 Å². The molecule has 0 aliphatic rings. The lowest BCUT2D eigenvalue weighted by Gasteiger charge is -2.04. The number of oxime groups is 1. The first-order valence-corrected chi connectivity index (χ1v) is 5.03. The van der Waals surface area contributed by atoms with Crippen LogP contribution in [-0.2, 0) is 4.74 Å². The Balaban J connectivity index is 3.22. The van der Waals surface area contributed by atoms with Crippen molar-refractivity contribution in [1.29, 1.82) is 0 Å². The number of nitrogens with zero attached hydrogens (tertiary/aromatic N) is 1. The van der Waals surface area contributed by atoms with Crippen molar-refractivity contribution >= 4 is 38.7 Å². The molecule has 0 saturated heterocycles. The maximum absolute atomic E-state index is 11.3. The minimum absolute atomic E-state index is 0.0901. The van der Waals surface area contributed by atoms with Crippen molar-refractivity contribution in [1.82, 2.24) is 0 Å². The molecule has 1 N–H and O–H groups in total. The molecule has 0 bridgehead atoms. The molecule has 0 amide bonds. The number of ether oxygens (including phenoxy) is 1. The molecule has 0 heterocycles. The molecule has 0 aromatic heterocycles. The van der Waals surface area contributed by atoms with Crippen LogP contribution >= 0.6 is 27.5 Å². The lowest BCUT2D eigenvalue weighted by Crippen LogP contribution is -2.04. The Morgan fingerprint density at radius 3 is 2.80 bits per heavy atom. The summed E-state index contributed by atoms with van der Waals surface area (Å²) < 4.78 is 5.15. The lowest BCUT2D eigenvalue weighted by atomic mass is 10.1. The summed E-state index contributed by atoms with van der Waals surface area (Å²) in [4.78, 5) is 11.3. The van der Waals surface area contributed by atoms with Gasteiger partial charge in [-0.3, -0.25) is 0 Å². The molecule has 1 aromatic carbocycles. The van der Waals surface area contributed by atoms with Crippen molar-refractivity contribution < 1.29 is 14.7 Å². The van der Waals surface area contributed by atoms with Gasteiger partial charge in [0.2, 0.25) is 0 Å². The maximum atomic E-state index is 11.3. The molecule has 0 radical (unpaired) electrons. The number of methoxy groups -OCH3 is 1. The Bertz CT molecular complexity index is 420. The van der Waals surface area contributed by atoms with Crippen molar-refractivity contribution in [2.75, 3.05) is 7.11 Å². The van der Waals surface area contributed by atoms with Crippen LogP contribution in [0, 0.1) is 0 Å². The molecule has 1 aromatic rings. The SMILES string of the molecule is COC(=O)c1cc(C(Cl)=NO)ccc1Br. The topological polar surface area (TPSA) is 58.9 Å². The Labute approximate surface area is 99.6 Å². The van der Waals surface area contributed by atoms with E-state index in [9.17, 15) is 4.79 Å². The third-order valence-electron chi connectivity index (χ3n) is 1.70. The standard InChI is InChI=1S/C9H7BrClNO3/c1-15-9(13)6-4-5(8(11)12-14)2-3-7(6)10/h2-4,14H,1H3. The molecule has 0 atom stereocenters. The van der Waals surface area contributed by atoms with E-state index in [0.29, 0.717) is 15.6 Å². The van der Waals surface area contributed by atoms with Crippen LogP contribution in [0.1, 0.15) is 15.9 Å². The second kappa shape index (κ2) is 5.14. The van der Waals surface area contributed by atoms with Gasteiger partial charge in [-0.1, -0.05) is 22.8 Å². The van der Waals surface area contributed by atoms with Crippen molar-refractivity contribution in [3.63, 3.8) is 0 Å². The first-order chi connectivity index (χ1) is 7.10. The van der Waals surface area contributed by atoms with Crippen LogP contribution in [-0.4, -0.2) is 23.5 Å². The Kier molecular flexibility index (Phi) is 4.11. The number of carbonyl (C=O) groups is 1. The van der Waals surface area contributed by atoms with Crippen molar-refractivity contribution in [3.05, 3.63) is 33.8 Å². The van der Waals surface area contributed by atoms with Crippen LogP contribution in [0.25, 0.3) is 0 Å². The van der Waals surface area contributed by atoms with E-state index < -0.39 is 5.97 Å². The summed E-state index contributed by atoms with van der Waals surface area (Å²) in [6, 6.07) is 4.70. The first-order valence-electron chi connectivity index (χ1n) is 3.86. The predicted molar refractivity (Wildman–Crippen MR) is 59.7 cm³/mol. The van der Waals surface area contributed by atoms with E-state index in [4.69, 9.17) is 16.8 Å². The third-order valence-corrected chi connectivity index (χ3v) is 2.68. The predicted octanol–water partition coefficient (Wildman–Crippen LogP) is 2.61. The number of halogens is 2. The van der Waals surface area contributed by atoms with E-state index in [1.807, 2.05) is 0 Å². The third kappa shape index (κ3) is 2.70. The lowest BCUT2D eigenvalue weighted by molar-refractivity contribution is 0.0599. The van der Waals surface area contributed by atoms with Crippen molar-refractivity contribution in [2.45, 2.75) is 0 Å². The molecule has 0 aliphatic heterocycles. The molecule has 0 saturated carbocycles. The van der Waals surface area contributed by atoms with Gasteiger partial charge in [-0.05, 0) is 28.1 Å². The fourth-order valence-corrected chi connectivity index (χ4v) is 1.50. The molecule has 6 heteroatoms. The summed E-state index contributed by atoms with van der Waals surface area (Å²) in [6.45, 7) is 0. The van der Waals surface area contributed by atoms with Gasteiger partial charge in [0.15, 0.2) is 5.17 Å². The van der Waals surface area contributed by atoms with Crippen LogP contribution in [0.3, 0.4) is 0 Å². The van der Waals surface area contributed by atoms with Crippen molar-refractivity contribution in [2.24, 2.45) is 5.16 Å². The second-order valence-corrected chi connectivity index (χ2v) is 3.79. The van der Waals surface area contributed by atoms with Gasteiger partial charge < -0.3 is 9.94 Å². The van der Waals surface area contributed by atoms with Gasteiger partial charge in [-0.15, -0.1) is 0 Å². The Hall–Kier alpha value is -1.07. The second-order valence-electron chi connectivity index (χ2n) is 2.58. The van der Waals surface area contributed by atoms with E-state index in [1.165, 1.54) is 13.2 Å². The number of rotatable bonds is 2. The molecule has 15 heavy (non-hydrogen) atoms. The van der Waals surface area contributed by atoms with Crippen LogP contribution in [0.15, 0.2) is 27.8 Å². The summed E-state index contributed by atoms with van der Waals surface area (Å²) in [5, 5.41) is 11.2. The van der Waals surface area contributed by atoms with Gasteiger partial charge >= 0.3 is 5.97 Å². The summed E-state index contributed by atoms with van der Waals surface area (Å²) in [5.74, 6) is -0.494. The first kappa shape index (κ1) is 12.0. The zero-order valence-electron chi connectivity index (χ0n) is 7.70. The molecule has 80 valence electrons. The Morgan fingerprint density at radius 1 is 1.60 bits per heavy atom. The number of carbonyl (C=O) groups excluding carboxylic acids is 1. The highest BCUT2D eigenvalue weighted by Crippen LogP contribution is 2.20. The smallest absolute Gasteiger partial charge is 0.339 e. The minimum Gasteiger partial charge on any atom is -0.465 e. The van der Waals surface area contributed by atoms with E-state index in [-0.39, 0.29) is 5.17 Å². The van der Waals surface area contributed by atoms with Crippen molar-refractivity contribution in [3.8, 4) is 0 Å².